The van der Waals surface area contributed by atoms with Gasteiger partial charge in [-0.05, 0) is 29.8 Å². The van der Waals surface area contributed by atoms with Crippen molar-refractivity contribution in [3.05, 3.63) is 51.7 Å². The highest BCUT2D eigenvalue weighted by Gasteiger charge is 2.02. The van der Waals surface area contributed by atoms with Crippen LogP contribution in [0.2, 0.25) is 0 Å². The highest BCUT2D eigenvalue weighted by atomic mass is 79.9. The van der Waals surface area contributed by atoms with Crippen molar-refractivity contribution in [2.75, 3.05) is 0 Å². The molecule has 0 aliphatic carbocycles. The van der Waals surface area contributed by atoms with Gasteiger partial charge in [-0.1, -0.05) is 31.9 Å². The number of benzene rings is 1. The zero-order valence-corrected chi connectivity index (χ0v) is 10.3. The van der Waals surface area contributed by atoms with Gasteiger partial charge in [0.15, 0.2) is 0 Å². The SMILES string of the molecule is Brc1ccc(Br)c(-c2c[c]cnc2)c1. The maximum Gasteiger partial charge on any atom is 0.0347 e. The predicted octanol–water partition coefficient (Wildman–Crippen LogP) is 4.07. The summed E-state index contributed by atoms with van der Waals surface area (Å²) in [6, 6.07) is 10.9. The smallest absolute Gasteiger partial charge is 0.0347 e. The van der Waals surface area contributed by atoms with E-state index in [0.29, 0.717) is 0 Å². The molecule has 0 fully saturated rings. The van der Waals surface area contributed by atoms with Crippen LogP contribution in [0.25, 0.3) is 11.1 Å². The molecule has 0 atom stereocenters. The van der Waals surface area contributed by atoms with Crippen molar-refractivity contribution in [1.29, 1.82) is 0 Å². The molecule has 3 heteroatoms. The molecule has 0 unspecified atom stereocenters. The highest BCUT2D eigenvalue weighted by molar-refractivity contribution is 9.11. The third-order valence-corrected chi connectivity index (χ3v) is 3.03. The van der Waals surface area contributed by atoms with Gasteiger partial charge >= 0.3 is 0 Å². The lowest BCUT2D eigenvalue weighted by atomic mass is 10.1. The summed E-state index contributed by atoms with van der Waals surface area (Å²) in [6.07, 6.45) is 3.47. The molecular weight excluding hydrogens is 306 g/mol. The number of hydrogen-bond donors (Lipinski definition) is 0. The zero-order chi connectivity index (χ0) is 9.97. The predicted molar refractivity (Wildman–Crippen MR) is 63.9 cm³/mol. The lowest BCUT2D eigenvalue weighted by Gasteiger charge is -2.04. The van der Waals surface area contributed by atoms with Crippen molar-refractivity contribution < 1.29 is 0 Å². The van der Waals surface area contributed by atoms with Crippen molar-refractivity contribution >= 4 is 31.9 Å². The van der Waals surface area contributed by atoms with E-state index in [2.05, 4.69) is 49.0 Å². The van der Waals surface area contributed by atoms with Gasteiger partial charge in [0.1, 0.15) is 0 Å². The Labute approximate surface area is 99.4 Å². The van der Waals surface area contributed by atoms with Crippen molar-refractivity contribution in [3.63, 3.8) is 0 Å². The summed E-state index contributed by atoms with van der Waals surface area (Å²) in [5.41, 5.74) is 2.17. The van der Waals surface area contributed by atoms with Gasteiger partial charge in [-0.2, -0.15) is 0 Å². The summed E-state index contributed by atoms with van der Waals surface area (Å²) in [6.45, 7) is 0. The van der Waals surface area contributed by atoms with E-state index in [9.17, 15) is 0 Å². The molecule has 0 saturated carbocycles. The summed E-state index contributed by atoms with van der Waals surface area (Å²) in [5.74, 6) is 0. The average Bonchev–Trinajstić information content (AvgIpc) is 2.23. The summed E-state index contributed by atoms with van der Waals surface area (Å²) in [5, 5.41) is 0. The van der Waals surface area contributed by atoms with Crippen molar-refractivity contribution in [1.82, 2.24) is 4.98 Å². The Bertz CT molecular complexity index is 440. The quantitative estimate of drug-likeness (QED) is 0.773. The molecule has 0 N–H and O–H groups in total. The number of halogens is 2. The first kappa shape index (κ1) is 9.87. The maximum absolute atomic E-state index is 4.04. The second-order valence-electron chi connectivity index (χ2n) is 2.80. The van der Waals surface area contributed by atoms with Crippen LogP contribution >= 0.6 is 31.9 Å². The Kier molecular flexibility index (Phi) is 2.99. The molecule has 1 nitrogen and oxygen atoms in total. The molecule has 14 heavy (non-hydrogen) atoms. The molecule has 1 radical (unpaired) electrons. The monoisotopic (exact) mass is 310 g/mol. The van der Waals surface area contributed by atoms with E-state index in [1.165, 1.54) is 0 Å². The molecule has 0 amide bonds. The van der Waals surface area contributed by atoms with Crippen LogP contribution in [0.15, 0.2) is 45.6 Å². The van der Waals surface area contributed by atoms with Crippen LogP contribution in [-0.4, -0.2) is 4.98 Å². The Balaban J connectivity index is 2.57. The molecule has 69 valence electrons. The van der Waals surface area contributed by atoms with Crippen LogP contribution in [0, 0.1) is 6.07 Å². The fourth-order valence-corrected chi connectivity index (χ4v) is 2.03. The Morgan fingerprint density at radius 3 is 2.79 bits per heavy atom. The standard InChI is InChI=1S/C11H6Br2N/c12-9-3-4-11(13)10(6-9)8-2-1-5-14-7-8/h2-7H. The lowest BCUT2D eigenvalue weighted by molar-refractivity contribution is 1.32. The van der Waals surface area contributed by atoms with E-state index in [1.54, 1.807) is 6.20 Å². The molecular formula is C11H6Br2N. The van der Waals surface area contributed by atoms with Gasteiger partial charge in [-0.25, -0.2) is 0 Å². The molecule has 0 spiro atoms. The minimum atomic E-state index is 1.06. The highest BCUT2D eigenvalue weighted by Crippen LogP contribution is 2.30. The second-order valence-corrected chi connectivity index (χ2v) is 4.57. The van der Waals surface area contributed by atoms with Gasteiger partial charge in [0.05, 0.1) is 0 Å². The summed E-state index contributed by atoms with van der Waals surface area (Å²) in [7, 11) is 0. The van der Waals surface area contributed by atoms with Gasteiger partial charge < -0.3 is 0 Å². The van der Waals surface area contributed by atoms with Crippen LogP contribution < -0.4 is 0 Å². The first-order chi connectivity index (χ1) is 6.77. The van der Waals surface area contributed by atoms with Crippen molar-refractivity contribution in [2.45, 2.75) is 0 Å². The zero-order valence-electron chi connectivity index (χ0n) is 7.17. The summed E-state index contributed by atoms with van der Waals surface area (Å²) >= 11 is 6.95. The first-order valence-corrected chi connectivity index (χ1v) is 5.62. The van der Waals surface area contributed by atoms with Gasteiger partial charge in [-0.3, -0.25) is 4.98 Å². The Morgan fingerprint density at radius 2 is 2.07 bits per heavy atom. The number of hydrogen-bond acceptors (Lipinski definition) is 1. The van der Waals surface area contributed by atoms with Gasteiger partial charge in [0.2, 0.25) is 0 Å². The largest absolute Gasteiger partial charge is 0.263 e. The molecule has 2 aromatic rings. The topological polar surface area (TPSA) is 12.9 Å². The minimum absolute atomic E-state index is 1.06. The van der Waals surface area contributed by atoms with Gasteiger partial charge in [0.25, 0.3) is 0 Å². The minimum Gasteiger partial charge on any atom is -0.263 e. The van der Waals surface area contributed by atoms with Crippen LogP contribution in [0.4, 0.5) is 0 Å². The molecule has 0 aliphatic heterocycles. The van der Waals surface area contributed by atoms with Crippen LogP contribution in [-0.2, 0) is 0 Å². The molecule has 2 rings (SSSR count). The van der Waals surface area contributed by atoms with Crippen molar-refractivity contribution in [2.24, 2.45) is 0 Å². The molecule has 0 bridgehead atoms. The summed E-state index contributed by atoms with van der Waals surface area (Å²) < 4.78 is 2.11. The van der Waals surface area contributed by atoms with Crippen LogP contribution in [0.3, 0.4) is 0 Å². The number of rotatable bonds is 1. The van der Waals surface area contributed by atoms with E-state index < -0.39 is 0 Å². The molecule has 1 heterocycles. The molecule has 1 aromatic heterocycles. The second kappa shape index (κ2) is 4.24. The molecule has 1 aromatic carbocycles. The number of pyridine rings is 1. The Morgan fingerprint density at radius 1 is 1.21 bits per heavy atom. The normalized spacial score (nSPS) is 10.1. The molecule has 0 saturated heterocycles. The first-order valence-electron chi connectivity index (χ1n) is 4.04. The Hall–Kier alpha value is -0.670. The molecule has 0 aliphatic rings. The van der Waals surface area contributed by atoms with E-state index >= 15 is 0 Å². The number of nitrogens with zero attached hydrogens (tertiary/aromatic N) is 1. The third-order valence-electron chi connectivity index (χ3n) is 1.84. The van der Waals surface area contributed by atoms with E-state index in [4.69, 9.17) is 0 Å². The van der Waals surface area contributed by atoms with Crippen LogP contribution in [0.1, 0.15) is 0 Å². The van der Waals surface area contributed by atoms with E-state index in [-0.39, 0.29) is 0 Å². The lowest BCUT2D eigenvalue weighted by Crippen LogP contribution is -1.81. The van der Waals surface area contributed by atoms with E-state index in [0.717, 1.165) is 20.1 Å². The maximum atomic E-state index is 4.04. The van der Waals surface area contributed by atoms with Gasteiger partial charge in [0, 0.05) is 33.0 Å². The van der Waals surface area contributed by atoms with E-state index in [1.807, 2.05) is 24.4 Å². The van der Waals surface area contributed by atoms with Crippen molar-refractivity contribution in [3.8, 4) is 11.1 Å². The number of aromatic nitrogens is 1. The third kappa shape index (κ3) is 2.04. The summed E-state index contributed by atoms with van der Waals surface area (Å²) in [4.78, 5) is 4.04. The fraction of sp³-hybridized carbons (Fsp3) is 0. The van der Waals surface area contributed by atoms with Crippen LogP contribution in [0.5, 0.6) is 0 Å². The average molecular weight is 312 g/mol. The fourth-order valence-electron chi connectivity index (χ4n) is 1.19. The van der Waals surface area contributed by atoms with Gasteiger partial charge in [-0.15, -0.1) is 0 Å².